The number of carbonyl (C=O) groups is 1. The van der Waals surface area contributed by atoms with Crippen LogP contribution in [0.25, 0.3) is 0 Å². The van der Waals surface area contributed by atoms with E-state index in [1.807, 2.05) is 0 Å². The Hall–Kier alpha value is -1.39. The van der Waals surface area contributed by atoms with Crippen molar-refractivity contribution in [1.29, 1.82) is 0 Å². The third kappa shape index (κ3) is 6.12. The van der Waals surface area contributed by atoms with E-state index in [1.54, 1.807) is 0 Å². The topological polar surface area (TPSA) is 35.6 Å². The molecule has 1 aromatic rings. The SMILES string of the molecule is CC(C)c1ccc([C@H](NC(=O)CN2CCCN(C)CC2)C(C)C)cc1. The van der Waals surface area contributed by atoms with Gasteiger partial charge in [-0.2, -0.15) is 0 Å². The van der Waals surface area contributed by atoms with Crippen molar-refractivity contribution in [2.75, 3.05) is 39.8 Å². The number of benzene rings is 1. The molecule has 1 fully saturated rings. The van der Waals surface area contributed by atoms with E-state index >= 15 is 0 Å². The first-order valence-corrected chi connectivity index (χ1v) is 9.67. The lowest BCUT2D eigenvalue weighted by molar-refractivity contribution is -0.123. The smallest absolute Gasteiger partial charge is 0.234 e. The van der Waals surface area contributed by atoms with Gasteiger partial charge < -0.3 is 10.2 Å². The zero-order valence-electron chi connectivity index (χ0n) is 16.6. The van der Waals surface area contributed by atoms with E-state index in [0.717, 1.165) is 32.6 Å². The second-order valence-corrected chi connectivity index (χ2v) is 8.04. The van der Waals surface area contributed by atoms with Gasteiger partial charge >= 0.3 is 0 Å². The van der Waals surface area contributed by atoms with Crippen LogP contribution in [0.2, 0.25) is 0 Å². The first kappa shape index (κ1) is 19.9. The molecule has 1 N–H and O–H groups in total. The minimum atomic E-state index is 0.0726. The Balaban J connectivity index is 1.97. The van der Waals surface area contributed by atoms with E-state index in [2.05, 4.69) is 74.1 Å². The van der Waals surface area contributed by atoms with Crippen molar-refractivity contribution in [3.8, 4) is 0 Å². The number of nitrogens with zero attached hydrogens (tertiary/aromatic N) is 2. The molecule has 1 aliphatic rings. The molecule has 1 atom stereocenters. The molecule has 1 amide bonds. The summed E-state index contributed by atoms with van der Waals surface area (Å²) in [5, 5.41) is 3.27. The van der Waals surface area contributed by atoms with Crippen LogP contribution in [0, 0.1) is 5.92 Å². The Labute approximate surface area is 153 Å². The molecule has 2 rings (SSSR count). The maximum Gasteiger partial charge on any atom is 0.234 e. The van der Waals surface area contributed by atoms with Crippen LogP contribution in [-0.4, -0.2) is 55.5 Å². The van der Waals surface area contributed by atoms with Gasteiger partial charge in [0, 0.05) is 13.1 Å². The van der Waals surface area contributed by atoms with Crippen molar-refractivity contribution >= 4 is 5.91 Å². The molecule has 1 heterocycles. The molecule has 4 nitrogen and oxygen atoms in total. The summed E-state index contributed by atoms with van der Waals surface area (Å²) in [5.74, 6) is 1.03. The summed E-state index contributed by atoms with van der Waals surface area (Å²) >= 11 is 0. The van der Waals surface area contributed by atoms with Gasteiger partial charge in [-0.3, -0.25) is 9.69 Å². The molecule has 0 aromatic heterocycles. The predicted molar refractivity (Wildman–Crippen MR) is 105 cm³/mol. The minimum absolute atomic E-state index is 0.0726. The van der Waals surface area contributed by atoms with Crippen molar-refractivity contribution in [2.24, 2.45) is 5.92 Å². The quantitative estimate of drug-likeness (QED) is 0.859. The number of rotatable bonds is 6. The number of hydrogen-bond donors (Lipinski definition) is 1. The summed E-state index contributed by atoms with van der Waals surface area (Å²) in [6.07, 6.45) is 1.13. The van der Waals surface area contributed by atoms with Crippen molar-refractivity contribution in [2.45, 2.75) is 46.1 Å². The third-order valence-electron chi connectivity index (χ3n) is 5.12. The van der Waals surface area contributed by atoms with Gasteiger partial charge in [-0.1, -0.05) is 52.0 Å². The average molecular weight is 346 g/mol. The fraction of sp³-hybridized carbons (Fsp3) is 0.667. The highest BCUT2D eigenvalue weighted by Crippen LogP contribution is 2.24. The molecule has 0 saturated carbocycles. The van der Waals surface area contributed by atoms with Crippen LogP contribution < -0.4 is 5.32 Å². The van der Waals surface area contributed by atoms with Gasteiger partial charge in [-0.25, -0.2) is 0 Å². The van der Waals surface area contributed by atoms with Crippen LogP contribution in [-0.2, 0) is 4.79 Å². The molecular formula is C21H35N3O. The number of nitrogens with one attached hydrogen (secondary N) is 1. The van der Waals surface area contributed by atoms with Crippen LogP contribution in [0.4, 0.5) is 0 Å². The Bertz CT molecular complexity index is 539. The van der Waals surface area contributed by atoms with E-state index in [9.17, 15) is 4.79 Å². The lowest BCUT2D eigenvalue weighted by Crippen LogP contribution is -2.41. The van der Waals surface area contributed by atoms with Crippen molar-refractivity contribution in [3.05, 3.63) is 35.4 Å². The lowest BCUT2D eigenvalue weighted by atomic mass is 9.93. The van der Waals surface area contributed by atoms with Crippen molar-refractivity contribution in [1.82, 2.24) is 15.1 Å². The molecule has 0 radical (unpaired) electrons. The van der Waals surface area contributed by atoms with Crippen LogP contribution in [0.15, 0.2) is 24.3 Å². The molecule has 0 spiro atoms. The lowest BCUT2D eigenvalue weighted by Gasteiger charge is -2.26. The van der Waals surface area contributed by atoms with Crippen LogP contribution in [0.5, 0.6) is 0 Å². The zero-order valence-corrected chi connectivity index (χ0v) is 16.6. The summed E-state index contributed by atoms with van der Waals surface area (Å²) in [5.41, 5.74) is 2.54. The first-order valence-electron chi connectivity index (χ1n) is 9.67. The number of hydrogen-bond acceptors (Lipinski definition) is 3. The zero-order chi connectivity index (χ0) is 18.4. The van der Waals surface area contributed by atoms with Gasteiger partial charge in [0.2, 0.25) is 5.91 Å². The fourth-order valence-electron chi connectivity index (χ4n) is 3.40. The Kier molecular flexibility index (Phi) is 7.45. The number of likely N-dealkylation sites (N-methyl/N-ethyl adjacent to an activating group) is 1. The Morgan fingerprint density at radius 3 is 2.24 bits per heavy atom. The summed E-state index contributed by atoms with van der Waals surface area (Å²) in [4.78, 5) is 17.2. The highest BCUT2D eigenvalue weighted by atomic mass is 16.2. The molecule has 1 aliphatic heterocycles. The van der Waals surface area contributed by atoms with Gasteiger partial charge in [-0.15, -0.1) is 0 Å². The first-order chi connectivity index (χ1) is 11.9. The second-order valence-electron chi connectivity index (χ2n) is 8.04. The second kappa shape index (κ2) is 9.35. The van der Waals surface area contributed by atoms with Gasteiger partial charge in [-0.05, 0) is 49.5 Å². The van der Waals surface area contributed by atoms with Gasteiger partial charge in [0.25, 0.3) is 0 Å². The molecule has 1 saturated heterocycles. The fourth-order valence-corrected chi connectivity index (χ4v) is 3.40. The van der Waals surface area contributed by atoms with Crippen LogP contribution in [0.1, 0.15) is 57.2 Å². The Morgan fingerprint density at radius 2 is 1.64 bits per heavy atom. The molecule has 25 heavy (non-hydrogen) atoms. The molecule has 0 aliphatic carbocycles. The molecule has 1 aromatic carbocycles. The summed E-state index contributed by atoms with van der Waals surface area (Å²) < 4.78 is 0. The Morgan fingerprint density at radius 1 is 1.00 bits per heavy atom. The molecular weight excluding hydrogens is 310 g/mol. The minimum Gasteiger partial charge on any atom is -0.348 e. The van der Waals surface area contributed by atoms with Gasteiger partial charge in [0.15, 0.2) is 0 Å². The van der Waals surface area contributed by atoms with E-state index in [-0.39, 0.29) is 11.9 Å². The van der Waals surface area contributed by atoms with Gasteiger partial charge in [0.05, 0.1) is 12.6 Å². The summed E-state index contributed by atoms with van der Waals surface area (Å²) in [7, 11) is 2.15. The van der Waals surface area contributed by atoms with E-state index in [4.69, 9.17) is 0 Å². The number of carbonyl (C=O) groups excluding carboxylic acids is 1. The van der Waals surface area contributed by atoms with E-state index in [1.165, 1.54) is 11.1 Å². The van der Waals surface area contributed by atoms with Crippen molar-refractivity contribution in [3.63, 3.8) is 0 Å². The average Bonchev–Trinajstić information content (AvgIpc) is 2.77. The number of amides is 1. The van der Waals surface area contributed by atoms with E-state index < -0.39 is 0 Å². The maximum absolute atomic E-state index is 12.6. The molecule has 0 bridgehead atoms. The molecule has 0 unspecified atom stereocenters. The highest BCUT2D eigenvalue weighted by Gasteiger charge is 2.21. The van der Waals surface area contributed by atoms with Crippen LogP contribution >= 0.6 is 0 Å². The third-order valence-corrected chi connectivity index (χ3v) is 5.12. The van der Waals surface area contributed by atoms with Crippen LogP contribution in [0.3, 0.4) is 0 Å². The maximum atomic E-state index is 12.6. The molecule has 4 heteroatoms. The largest absolute Gasteiger partial charge is 0.348 e. The van der Waals surface area contributed by atoms with Gasteiger partial charge in [0.1, 0.15) is 0 Å². The van der Waals surface area contributed by atoms with E-state index in [0.29, 0.717) is 18.4 Å². The monoisotopic (exact) mass is 345 g/mol. The molecule has 140 valence electrons. The summed E-state index contributed by atoms with van der Waals surface area (Å²) in [6.45, 7) is 13.4. The summed E-state index contributed by atoms with van der Waals surface area (Å²) in [6, 6.07) is 8.78. The highest BCUT2D eigenvalue weighted by molar-refractivity contribution is 5.78. The normalized spacial score (nSPS) is 18.4. The predicted octanol–water partition coefficient (Wildman–Crippen LogP) is 3.26. The standard InChI is InChI=1S/C21H35N3O/c1-16(2)18-7-9-19(10-8-18)21(17(3)4)22-20(25)15-24-12-6-11-23(5)13-14-24/h7-10,16-17,21H,6,11-15H2,1-5H3,(H,22,25)/t21-/m1/s1. The van der Waals surface area contributed by atoms with Crippen molar-refractivity contribution < 1.29 is 4.79 Å².